The zero-order valence-corrected chi connectivity index (χ0v) is 13.0. The first-order valence-corrected chi connectivity index (χ1v) is 7.24. The maximum Gasteiger partial charge on any atom is 0.249 e. The second-order valence-corrected chi connectivity index (χ2v) is 5.24. The molecule has 116 valence electrons. The van der Waals surface area contributed by atoms with Crippen molar-refractivity contribution < 1.29 is 4.39 Å². The van der Waals surface area contributed by atoms with Gasteiger partial charge in [-0.15, -0.1) is 5.10 Å². The van der Waals surface area contributed by atoms with Crippen LogP contribution < -0.4 is 10.6 Å². The first kappa shape index (κ1) is 15.2. The summed E-state index contributed by atoms with van der Waals surface area (Å²) >= 11 is 6.09. The summed E-state index contributed by atoms with van der Waals surface area (Å²) in [4.78, 5) is 4.32. The van der Waals surface area contributed by atoms with Gasteiger partial charge in [-0.3, -0.25) is 0 Å². The van der Waals surface area contributed by atoms with E-state index < -0.39 is 0 Å². The third kappa shape index (κ3) is 3.73. The Labute approximate surface area is 137 Å². The Morgan fingerprint density at radius 2 is 1.83 bits per heavy atom. The molecule has 23 heavy (non-hydrogen) atoms. The average Bonchev–Trinajstić information content (AvgIpc) is 2.54. The summed E-state index contributed by atoms with van der Waals surface area (Å²) in [5, 5.41) is 14.6. The predicted octanol–water partition coefficient (Wildman–Crippen LogP) is 4.46. The lowest BCUT2D eigenvalue weighted by atomic mass is 10.2. The highest BCUT2D eigenvalue weighted by molar-refractivity contribution is 6.31. The molecule has 3 aromatic rings. The van der Waals surface area contributed by atoms with E-state index in [1.807, 2.05) is 25.1 Å². The number of aromatic nitrogens is 3. The van der Waals surface area contributed by atoms with Crippen molar-refractivity contribution in [2.75, 3.05) is 10.6 Å². The van der Waals surface area contributed by atoms with Crippen molar-refractivity contribution in [1.29, 1.82) is 0 Å². The highest BCUT2D eigenvalue weighted by atomic mass is 35.5. The van der Waals surface area contributed by atoms with Gasteiger partial charge in [-0.1, -0.05) is 17.7 Å². The van der Waals surface area contributed by atoms with Crippen LogP contribution in [-0.4, -0.2) is 15.2 Å². The summed E-state index contributed by atoms with van der Waals surface area (Å²) in [5.41, 5.74) is 2.41. The lowest BCUT2D eigenvalue weighted by Gasteiger charge is -2.10. The third-order valence-corrected chi connectivity index (χ3v) is 3.60. The van der Waals surface area contributed by atoms with Gasteiger partial charge in [0.2, 0.25) is 5.95 Å². The molecule has 1 heterocycles. The number of hydrogen-bond donors (Lipinski definition) is 2. The highest BCUT2D eigenvalue weighted by Crippen LogP contribution is 2.25. The first-order valence-electron chi connectivity index (χ1n) is 6.86. The quantitative estimate of drug-likeness (QED) is 0.740. The molecule has 0 spiro atoms. The van der Waals surface area contributed by atoms with Crippen molar-refractivity contribution in [3.05, 3.63) is 65.1 Å². The third-order valence-electron chi connectivity index (χ3n) is 3.19. The molecular formula is C16H13ClFN5. The summed E-state index contributed by atoms with van der Waals surface area (Å²) in [6, 6.07) is 11.5. The van der Waals surface area contributed by atoms with E-state index >= 15 is 0 Å². The van der Waals surface area contributed by atoms with Crippen molar-refractivity contribution in [3.8, 4) is 0 Å². The maximum absolute atomic E-state index is 12.9. The minimum absolute atomic E-state index is 0.296. The standard InChI is InChI=1S/C16H13ClFN5/c1-10-13(17)3-2-4-14(10)21-16-22-15(9-19-23-16)20-12-7-5-11(18)6-8-12/h2-9H,1H3,(H2,20,21,22,23). The average molecular weight is 330 g/mol. The second-order valence-electron chi connectivity index (χ2n) is 4.83. The second kappa shape index (κ2) is 6.58. The van der Waals surface area contributed by atoms with E-state index in [9.17, 15) is 4.39 Å². The van der Waals surface area contributed by atoms with Gasteiger partial charge in [0, 0.05) is 16.4 Å². The van der Waals surface area contributed by atoms with Gasteiger partial charge in [0.25, 0.3) is 0 Å². The smallest absolute Gasteiger partial charge is 0.249 e. The zero-order valence-electron chi connectivity index (χ0n) is 12.2. The van der Waals surface area contributed by atoms with Gasteiger partial charge in [0.1, 0.15) is 5.82 Å². The molecule has 2 N–H and O–H groups in total. The van der Waals surface area contributed by atoms with Crippen LogP contribution in [-0.2, 0) is 0 Å². The molecule has 0 saturated carbocycles. The molecule has 5 nitrogen and oxygen atoms in total. The molecule has 0 aliphatic rings. The van der Waals surface area contributed by atoms with Gasteiger partial charge in [0.15, 0.2) is 5.82 Å². The largest absolute Gasteiger partial charge is 0.339 e. The van der Waals surface area contributed by atoms with Gasteiger partial charge in [-0.2, -0.15) is 10.1 Å². The fourth-order valence-corrected chi connectivity index (χ4v) is 2.14. The number of benzene rings is 2. The fraction of sp³-hybridized carbons (Fsp3) is 0.0625. The van der Waals surface area contributed by atoms with Gasteiger partial charge in [0.05, 0.1) is 6.20 Å². The molecule has 3 rings (SSSR count). The normalized spacial score (nSPS) is 10.4. The fourth-order valence-electron chi connectivity index (χ4n) is 1.96. The number of hydrogen-bond acceptors (Lipinski definition) is 5. The molecule has 7 heteroatoms. The maximum atomic E-state index is 12.9. The molecular weight excluding hydrogens is 317 g/mol. The van der Waals surface area contributed by atoms with E-state index in [2.05, 4.69) is 25.8 Å². The predicted molar refractivity (Wildman–Crippen MR) is 89.0 cm³/mol. The summed E-state index contributed by atoms with van der Waals surface area (Å²) in [6.07, 6.45) is 1.49. The molecule has 0 saturated heterocycles. The Balaban J connectivity index is 1.79. The van der Waals surface area contributed by atoms with Crippen LogP contribution in [0.1, 0.15) is 5.56 Å². The number of nitrogens with zero attached hydrogens (tertiary/aromatic N) is 3. The molecule has 0 aliphatic heterocycles. The van der Waals surface area contributed by atoms with Crippen molar-refractivity contribution in [3.63, 3.8) is 0 Å². The molecule has 0 bridgehead atoms. The van der Waals surface area contributed by atoms with Crippen LogP contribution in [0.2, 0.25) is 5.02 Å². The molecule has 0 amide bonds. The van der Waals surface area contributed by atoms with E-state index in [1.165, 1.54) is 18.3 Å². The zero-order chi connectivity index (χ0) is 16.2. The van der Waals surface area contributed by atoms with Crippen LogP contribution in [0.25, 0.3) is 0 Å². The van der Waals surface area contributed by atoms with Crippen LogP contribution in [0.15, 0.2) is 48.7 Å². The van der Waals surface area contributed by atoms with Crippen LogP contribution >= 0.6 is 11.6 Å². The number of halogens is 2. The molecule has 0 aliphatic carbocycles. The van der Waals surface area contributed by atoms with Gasteiger partial charge in [-0.25, -0.2) is 4.39 Å². The summed E-state index contributed by atoms with van der Waals surface area (Å²) in [6.45, 7) is 1.90. The van der Waals surface area contributed by atoms with Crippen molar-refractivity contribution in [1.82, 2.24) is 15.2 Å². The van der Waals surface area contributed by atoms with E-state index in [-0.39, 0.29) is 5.82 Å². The monoisotopic (exact) mass is 329 g/mol. The van der Waals surface area contributed by atoms with Crippen LogP contribution in [0.3, 0.4) is 0 Å². The first-order chi connectivity index (χ1) is 11.1. The molecule has 0 unspecified atom stereocenters. The molecule has 0 fully saturated rings. The van der Waals surface area contributed by atoms with Crippen molar-refractivity contribution in [2.45, 2.75) is 6.92 Å². The Morgan fingerprint density at radius 3 is 2.61 bits per heavy atom. The van der Waals surface area contributed by atoms with Gasteiger partial charge < -0.3 is 10.6 Å². The SMILES string of the molecule is Cc1c(Cl)cccc1Nc1nncc(Nc2ccc(F)cc2)n1. The summed E-state index contributed by atoms with van der Waals surface area (Å²) < 4.78 is 12.9. The number of rotatable bonds is 4. The summed E-state index contributed by atoms with van der Waals surface area (Å²) in [5.74, 6) is 0.534. The summed E-state index contributed by atoms with van der Waals surface area (Å²) in [7, 11) is 0. The van der Waals surface area contributed by atoms with Crippen LogP contribution in [0.5, 0.6) is 0 Å². The lowest BCUT2D eigenvalue weighted by Crippen LogP contribution is -2.03. The number of anilines is 4. The van der Waals surface area contributed by atoms with E-state index in [0.717, 1.165) is 11.3 Å². The van der Waals surface area contributed by atoms with E-state index in [4.69, 9.17) is 11.6 Å². The van der Waals surface area contributed by atoms with Crippen LogP contribution in [0, 0.1) is 12.7 Å². The number of nitrogens with one attached hydrogen (secondary N) is 2. The Morgan fingerprint density at radius 1 is 1.04 bits per heavy atom. The van der Waals surface area contributed by atoms with Crippen molar-refractivity contribution in [2.24, 2.45) is 0 Å². The Bertz CT molecular complexity index is 823. The molecule has 2 aromatic carbocycles. The van der Waals surface area contributed by atoms with Gasteiger partial charge in [-0.05, 0) is 48.9 Å². The lowest BCUT2D eigenvalue weighted by molar-refractivity contribution is 0.628. The Hall–Kier alpha value is -2.73. The van der Waals surface area contributed by atoms with Crippen molar-refractivity contribution >= 4 is 34.7 Å². The van der Waals surface area contributed by atoms with Crippen LogP contribution in [0.4, 0.5) is 27.5 Å². The van der Waals surface area contributed by atoms with E-state index in [0.29, 0.717) is 22.5 Å². The molecule has 0 atom stereocenters. The van der Waals surface area contributed by atoms with Gasteiger partial charge >= 0.3 is 0 Å². The minimum Gasteiger partial charge on any atom is -0.339 e. The topological polar surface area (TPSA) is 62.7 Å². The minimum atomic E-state index is -0.296. The molecule has 0 radical (unpaired) electrons. The Kier molecular flexibility index (Phi) is 4.34. The molecule has 1 aromatic heterocycles. The highest BCUT2D eigenvalue weighted by Gasteiger charge is 2.06. The van der Waals surface area contributed by atoms with E-state index in [1.54, 1.807) is 12.1 Å².